The highest BCUT2D eigenvalue weighted by molar-refractivity contribution is 14.1. The first-order valence-electron chi connectivity index (χ1n) is 16.3. The van der Waals surface area contributed by atoms with Crippen LogP contribution in [0.2, 0.25) is 0 Å². The van der Waals surface area contributed by atoms with E-state index in [1.165, 1.54) is 11.1 Å². The summed E-state index contributed by atoms with van der Waals surface area (Å²) in [7, 11) is 0. The molecule has 2 aromatic heterocycles. The maximum absolute atomic E-state index is 13.1. The Morgan fingerprint density at radius 2 is 1.11 bits per heavy atom. The lowest BCUT2D eigenvalue weighted by molar-refractivity contribution is 0.0741. The van der Waals surface area contributed by atoms with Gasteiger partial charge in [-0.1, -0.05) is 66.3 Å². The van der Waals surface area contributed by atoms with Gasteiger partial charge in [-0.25, -0.2) is 19.9 Å². The number of anilines is 2. The van der Waals surface area contributed by atoms with Crippen LogP contribution in [0.25, 0.3) is 21.8 Å². The van der Waals surface area contributed by atoms with Crippen molar-refractivity contribution in [2.45, 2.75) is 26.2 Å². The molecule has 0 saturated carbocycles. The standard InChI is InChI=1S/C20H16N4O2.C17H13IN4O.C3H4O/c21-20-22-17-8-7-13(4-3-9-25)10-16(17)18(23-20)19(26)24-11-14-5-1-2-6-15(14)12-24;18-12-5-6-14-13(7-12)15(21-17(19)20-14)16(23)22-8-10-3-1-2-4-11(10)9-22;1-2-3-4/h1-2,5-8,10,25H,9,11-12H2,(H2,21,22,23);1-7H,8-9H2,(H2,19,20,21);1,4H,3H2. The molecule has 0 spiro atoms. The maximum Gasteiger partial charge on any atom is 0.273 e. The van der Waals surface area contributed by atoms with Crippen LogP contribution in [0, 0.1) is 27.8 Å². The molecule has 4 heterocycles. The van der Waals surface area contributed by atoms with Gasteiger partial charge in [-0.2, -0.15) is 0 Å². The summed E-state index contributed by atoms with van der Waals surface area (Å²) in [5.41, 5.74) is 18.9. The number of amides is 2. The Morgan fingerprint density at radius 1 is 0.679 bits per heavy atom. The van der Waals surface area contributed by atoms with Crippen LogP contribution in [-0.4, -0.2) is 65.0 Å². The van der Waals surface area contributed by atoms with Crippen LogP contribution in [0.5, 0.6) is 0 Å². The normalized spacial score (nSPS) is 12.3. The van der Waals surface area contributed by atoms with Crippen LogP contribution < -0.4 is 11.5 Å². The number of rotatable bonds is 2. The molecule has 0 aliphatic carbocycles. The van der Waals surface area contributed by atoms with E-state index in [1.807, 2.05) is 60.5 Å². The van der Waals surface area contributed by atoms with Gasteiger partial charge in [-0.15, -0.1) is 6.42 Å². The largest absolute Gasteiger partial charge is 0.384 e. The summed E-state index contributed by atoms with van der Waals surface area (Å²) in [5.74, 6) is 7.32. The number of benzene rings is 4. The molecule has 0 atom stereocenters. The quantitative estimate of drug-likeness (QED) is 0.145. The number of aromatic nitrogens is 4. The molecule has 2 amide bonds. The van der Waals surface area contributed by atoms with E-state index in [-0.39, 0.29) is 42.6 Å². The number of aliphatic hydroxyl groups is 2. The van der Waals surface area contributed by atoms with Gasteiger partial charge in [0.2, 0.25) is 11.9 Å². The number of halogens is 1. The van der Waals surface area contributed by atoms with Crippen molar-refractivity contribution in [1.82, 2.24) is 29.7 Å². The van der Waals surface area contributed by atoms with Crippen molar-refractivity contribution in [3.8, 4) is 24.2 Å². The fraction of sp³-hybridized carbons (Fsp3) is 0.150. The summed E-state index contributed by atoms with van der Waals surface area (Å²) in [4.78, 5) is 46.5. The first kappa shape index (κ1) is 36.7. The molecular formula is C40H33IN8O4. The van der Waals surface area contributed by atoms with Crippen molar-refractivity contribution in [1.29, 1.82) is 0 Å². The van der Waals surface area contributed by atoms with Gasteiger partial charge in [-0.3, -0.25) is 9.59 Å². The molecule has 0 bridgehead atoms. The minimum absolute atomic E-state index is 0.0618. The number of carbonyl (C=O) groups is 2. The SMILES string of the molecule is C#CCO.Nc1nc(C(=O)N2Cc3ccccc3C2)c2cc(C#CCO)ccc2n1.Nc1nc(C(=O)N2Cc3ccccc3C2)c2cc(I)ccc2n1. The zero-order valence-corrected chi connectivity index (χ0v) is 30.5. The number of terminal acetylenes is 1. The van der Waals surface area contributed by atoms with Crippen molar-refractivity contribution < 1.29 is 19.8 Å². The second kappa shape index (κ2) is 16.5. The first-order valence-corrected chi connectivity index (χ1v) is 17.4. The Hall–Kier alpha value is -6.13. The van der Waals surface area contributed by atoms with Crippen LogP contribution in [-0.2, 0) is 26.2 Å². The van der Waals surface area contributed by atoms with Crippen LogP contribution >= 0.6 is 22.6 Å². The predicted octanol–water partition coefficient (Wildman–Crippen LogP) is 4.30. The lowest BCUT2D eigenvalue weighted by Crippen LogP contribution is -2.27. The molecule has 0 radical (unpaired) electrons. The Balaban J connectivity index is 0.000000166. The highest BCUT2D eigenvalue weighted by atomic mass is 127. The van der Waals surface area contributed by atoms with Gasteiger partial charge in [0.05, 0.1) is 11.0 Å². The highest BCUT2D eigenvalue weighted by Crippen LogP contribution is 2.28. The van der Waals surface area contributed by atoms with E-state index in [0.717, 1.165) is 20.1 Å². The maximum atomic E-state index is 13.1. The fourth-order valence-electron chi connectivity index (χ4n) is 6.06. The molecule has 0 saturated heterocycles. The van der Waals surface area contributed by atoms with Crippen LogP contribution in [0.15, 0.2) is 84.9 Å². The molecule has 6 N–H and O–H groups in total. The highest BCUT2D eigenvalue weighted by Gasteiger charge is 2.28. The summed E-state index contributed by atoms with van der Waals surface area (Å²) >= 11 is 2.21. The zero-order valence-electron chi connectivity index (χ0n) is 28.3. The van der Waals surface area contributed by atoms with E-state index in [2.05, 4.69) is 72.9 Å². The summed E-state index contributed by atoms with van der Waals surface area (Å²) in [5, 5.41) is 17.9. The zero-order chi connectivity index (χ0) is 37.5. The second-order valence-corrected chi connectivity index (χ2v) is 13.2. The van der Waals surface area contributed by atoms with Crippen molar-refractivity contribution in [3.05, 3.63) is 128 Å². The summed E-state index contributed by atoms with van der Waals surface area (Å²) in [6.07, 6.45) is 4.53. The van der Waals surface area contributed by atoms with Gasteiger partial charge < -0.3 is 31.5 Å². The fourth-order valence-corrected chi connectivity index (χ4v) is 6.55. The van der Waals surface area contributed by atoms with E-state index < -0.39 is 0 Å². The second-order valence-electron chi connectivity index (χ2n) is 11.9. The Kier molecular flexibility index (Phi) is 11.4. The molecule has 2 aliphatic rings. The van der Waals surface area contributed by atoms with Crippen molar-refractivity contribution in [2.75, 3.05) is 24.7 Å². The van der Waals surface area contributed by atoms with Crippen LogP contribution in [0.4, 0.5) is 11.9 Å². The summed E-state index contributed by atoms with van der Waals surface area (Å²) < 4.78 is 1.03. The average molecular weight is 817 g/mol. The average Bonchev–Trinajstić information content (AvgIpc) is 3.81. The molecule has 0 fully saturated rings. The minimum Gasteiger partial charge on any atom is -0.384 e. The molecular weight excluding hydrogens is 783 g/mol. The van der Waals surface area contributed by atoms with E-state index in [9.17, 15) is 9.59 Å². The van der Waals surface area contributed by atoms with E-state index in [1.54, 1.807) is 28.0 Å². The van der Waals surface area contributed by atoms with Gasteiger partial charge in [0.25, 0.3) is 11.8 Å². The summed E-state index contributed by atoms with van der Waals surface area (Å²) in [6.45, 7) is 1.91. The van der Waals surface area contributed by atoms with Gasteiger partial charge in [0.1, 0.15) is 24.6 Å². The van der Waals surface area contributed by atoms with E-state index >= 15 is 0 Å². The number of hydrogen-bond acceptors (Lipinski definition) is 10. The Bertz CT molecular complexity index is 2420. The third-order valence-electron chi connectivity index (χ3n) is 8.45. The van der Waals surface area contributed by atoms with Crippen molar-refractivity contribution in [3.63, 3.8) is 0 Å². The predicted molar refractivity (Wildman–Crippen MR) is 211 cm³/mol. The molecule has 12 nitrogen and oxygen atoms in total. The number of nitrogen functional groups attached to an aromatic ring is 2. The van der Waals surface area contributed by atoms with E-state index in [0.29, 0.717) is 53.9 Å². The van der Waals surface area contributed by atoms with Crippen LogP contribution in [0.3, 0.4) is 0 Å². The van der Waals surface area contributed by atoms with Crippen molar-refractivity contribution >= 4 is 68.1 Å². The molecule has 2 aliphatic heterocycles. The van der Waals surface area contributed by atoms with Crippen molar-refractivity contribution in [2.24, 2.45) is 0 Å². The lowest BCUT2D eigenvalue weighted by atomic mass is 10.1. The number of carbonyl (C=O) groups excluding carboxylic acids is 2. The van der Waals surface area contributed by atoms with Gasteiger partial charge in [0, 0.05) is 46.1 Å². The molecule has 0 unspecified atom stereocenters. The molecule has 13 heteroatoms. The molecule has 53 heavy (non-hydrogen) atoms. The number of nitrogens with zero attached hydrogens (tertiary/aromatic N) is 6. The van der Waals surface area contributed by atoms with Crippen LogP contribution in [0.1, 0.15) is 48.8 Å². The third kappa shape index (κ3) is 8.34. The van der Waals surface area contributed by atoms with Gasteiger partial charge in [0.15, 0.2) is 0 Å². The summed E-state index contributed by atoms with van der Waals surface area (Å²) in [6, 6.07) is 27.1. The first-order chi connectivity index (χ1) is 25.7. The minimum atomic E-state index is -0.228. The monoisotopic (exact) mass is 816 g/mol. The van der Waals surface area contributed by atoms with Gasteiger partial charge in [-0.05, 0) is 81.2 Å². The smallest absolute Gasteiger partial charge is 0.273 e. The number of nitrogens with two attached hydrogens (primary N) is 2. The molecule has 6 aromatic rings. The molecule has 8 rings (SSSR count). The Labute approximate surface area is 319 Å². The lowest BCUT2D eigenvalue weighted by Gasteiger charge is -2.16. The molecule has 264 valence electrons. The molecule has 4 aromatic carbocycles. The Morgan fingerprint density at radius 3 is 1.55 bits per heavy atom. The number of aliphatic hydroxyl groups excluding tert-OH is 2. The number of fused-ring (bicyclic) bond motifs is 4. The van der Waals surface area contributed by atoms with E-state index in [4.69, 9.17) is 21.7 Å². The van der Waals surface area contributed by atoms with Gasteiger partial charge >= 0.3 is 0 Å². The number of hydrogen-bond donors (Lipinski definition) is 4. The third-order valence-corrected chi connectivity index (χ3v) is 9.12. The topological polar surface area (TPSA) is 185 Å².